The largest absolute Gasteiger partial charge is 0.383 e. The first-order chi connectivity index (χ1) is 10.1. The van der Waals surface area contributed by atoms with Gasteiger partial charge in [0.1, 0.15) is 0 Å². The van der Waals surface area contributed by atoms with Crippen LogP contribution in [0.2, 0.25) is 0 Å². The smallest absolute Gasteiger partial charge is 0.169 e. The van der Waals surface area contributed by atoms with E-state index in [9.17, 15) is 13.6 Å². The third-order valence-electron chi connectivity index (χ3n) is 3.13. The number of ether oxygens (including phenoxy) is 2. The van der Waals surface area contributed by atoms with Gasteiger partial charge in [0.05, 0.1) is 18.8 Å². The summed E-state index contributed by atoms with van der Waals surface area (Å²) in [5.74, 6) is -2.49. The van der Waals surface area contributed by atoms with Crippen LogP contribution in [-0.2, 0) is 9.47 Å². The summed E-state index contributed by atoms with van der Waals surface area (Å²) in [6, 6.07) is 3.63. The summed E-state index contributed by atoms with van der Waals surface area (Å²) in [4.78, 5) is 14.0. The van der Waals surface area contributed by atoms with E-state index >= 15 is 0 Å². The molecule has 0 atom stereocenters. The quantitative estimate of drug-likeness (QED) is 0.621. The van der Waals surface area contributed by atoms with Gasteiger partial charge in [0, 0.05) is 40.3 Å². The molecule has 0 spiro atoms. The summed E-state index contributed by atoms with van der Waals surface area (Å²) < 4.78 is 36.6. The standard InChI is InChI=1S/C15H21F2NO3/c1-20-10-8-18(9-11-21-2)7-6-14(19)12-4-3-5-13(16)15(12)17/h3-5H,6-11H2,1-2H3. The van der Waals surface area contributed by atoms with E-state index in [1.165, 1.54) is 12.1 Å². The summed E-state index contributed by atoms with van der Waals surface area (Å²) in [6.45, 7) is 2.82. The van der Waals surface area contributed by atoms with Crippen molar-refractivity contribution in [1.29, 1.82) is 0 Å². The Bertz CT molecular complexity index is 447. The first-order valence-electron chi connectivity index (χ1n) is 6.77. The molecular weight excluding hydrogens is 280 g/mol. The summed E-state index contributed by atoms with van der Waals surface area (Å²) in [7, 11) is 3.20. The number of benzene rings is 1. The summed E-state index contributed by atoms with van der Waals surface area (Å²) >= 11 is 0. The molecule has 118 valence electrons. The average Bonchev–Trinajstić information content (AvgIpc) is 2.49. The highest BCUT2D eigenvalue weighted by atomic mass is 19.2. The van der Waals surface area contributed by atoms with Crippen LogP contribution < -0.4 is 0 Å². The van der Waals surface area contributed by atoms with E-state index in [-0.39, 0.29) is 12.0 Å². The lowest BCUT2D eigenvalue weighted by atomic mass is 10.1. The van der Waals surface area contributed by atoms with E-state index in [1.54, 1.807) is 14.2 Å². The van der Waals surface area contributed by atoms with E-state index in [2.05, 4.69) is 0 Å². The van der Waals surface area contributed by atoms with Crippen molar-refractivity contribution < 1.29 is 23.0 Å². The van der Waals surface area contributed by atoms with Crippen molar-refractivity contribution in [3.05, 3.63) is 35.4 Å². The number of carbonyl (C=O) groups is 1. The number of nitrogens with zero attached hydrogens (tertiary/aromatic N) is 1. The fourth-order valence-electron chi connectivity index (χ4n) is 1.89. The van der Waals surface area contributed by atoms with Crippen molar-refractivity contribution >= 4 is 5.78 Å². The molecule has 0 aliphatic carbocycles. The molecule has 0 aliphatic rings. The van der Waals surface area contributed by atoms with Crippen LogP contribution in [-0.4, -0.2) is 57.8 Å². The number of rotatable bonds is 10. The molecule has 6 heteroatoms. The Kier molecular flexibility index (Phi) is 8.04. The molecule has 0 amide bonds. The van der Waals surface area contributed by atoms with Crippen LogP contribution in [0.3, 0.4) is 0 Å². The van der Waals surface area contributed by atoms with E-state index in [0.29, 0.717) is 32.8 Å². The first kappa shape index (κ1) is 17.7. The molecule has 1 rings (SSSR count). The van der Waals surface area contributed by atoms with Gasteiger partial charge in [0.25, 0.3) is 0 Å². The third kappa shape index (κ3) is 5.87. The number of hydrogen-bond acceptors (Lipinski definition) is 4. The molecule has 21 heavy (non-hydrogen) atoms. The van der Waals surface area contributed by atoms with Crippen LogP contribution in [0.1, 0.15) is 16.8 Å². The van der Waals surface area contributed by atoms with Crippen LogP contribution >= 0.6 is 0 Å². The Balaban J connectivity index is 2.57. The number of halogens is 2. The fourth-order valence-corrected chi connectivity index (χ4v) is 1.89. The first-order valence-corrected chi connectivity index (χ1v) is 6.77. The van der Waals surface area contributed by atoms with Crippen LogP contribution in [0, 0.1) is 11.6 Å². The van der Waals surface area contributed by atoms with Gasteiger partial charge in [-0.05, 0) is 12.1 Å². The van der Waals surface area contributed by atoms with Crippen molar-refractivity contribution in [2.75, 3.05) is 47.1 Å². The number of methoxy groups -OCH3 is 2. The van der Waals surface area contributed by atoms with Crippen molar-refractivity contribution in [2.45, 2.75) is 6.42 Å². The van der Waals surface area contributed by atoms with E-state index < -0.39 is 17.4 Å². The van der Waals surface area contributed by atoms with Crippen LogP contribution in [0.25, 0.3) is 0 Å². The monoisotopic (exact) mass is 301 g/mol. The molecule has 0 aliphatic heterocycles. The maximum absolute atomic E-state index is 13.5. The second kappa shape index (κ2) is 9.55. The normalized spacial score (nSPS) is 11.1. The minimum atomic E-state index is -1.08. The maximum atomic E-state index is 13.5. The van der Waals surface area contributed by atoms with Crippen molar-refractivity contribution in [2.24, 2.45) is 0 Å². The molecule has 0 radical (unpaired) electrons. The van der Waals surface area contributed by atoms with E-state index in [4.69, 9.17) is 9.47 Å². The van der Waals surface area contributed by atoms with Crippen LogP contribution in [0.15, 0.2) is 18.2 Å². The summed E-state index contributed by atoms with van der Waals surface area (Å²) in [5.41, 5.74) is -0.201. The van der Waals surface area contributed by atoms with Gasteiger partial charge in [0.2, 0.25) is 0 Å². The fraction of sp³-hybridized carbons (Fsp3) is 0.533. The molecule has 1 aromatic rings. The zero-order chi connectivity index (χ0) is 15.7. The maximum Gasteiger partial charge on any atom is 0.169 e. The highest BCUT2D eigenvalue weighted by Gasteiger charge is 2.16. The summed E-state index contributed by atoms with van der Waals surface area (Å²) in [5, 5.41) is 0. The predicted octanol–water partition coefficient (Wildman–Crippen LogP) is 2.13. The van der Waals surface area contributed by atoms with E-state index in [0.717, 1.165) is 6.07 Å². The van der Waals surface area contributed by atoms with Gasteiger partial charge in [-0.15, -0.1) is 0 Å². The Morgan fingerprint density at radius 2 is 1.71 bits per heavy atom. The van der Waals surface area contributed by atoms with Gasteiger partial charge in [0.15, 0.2) is 17.4 Å². The molecule has 0 N–H and O–H groups in total. The minimum Gasteiger partial charge on any atom is -0.383 e. The van der Waals surface area contributed by atoms with Gasteiger partial charge in [-0.2, -0.15) is 0 Å². The van der Waals surface area contributed by atoms with Gasteiger partial charge in [-0.3, -0.25) is 9.69 Å². The molecule has 0 bridgehead atoms. The molecule has 0 unspecified atom stereocenters. The van der Waals surface area contributed by atoms with Crippen molar-refractivity contribution in [1.82, 2.24) is 4.90 Å². The highest BCUT2D eigenvalue weighted by molar-refractivity contribution is 5.96. The van der Waals surface area contributed by atoms with Gasteiger partial charge >= 0.3 is 0 Å². The zero-order valence-corrected chi connectivity index (χ0v) is 12.4. The third-order valence-corrected chi connectivity index (χ3v) is 3.13. The number of Topliss-reactive ketones (excluding diaryl/α,β-unsaturated/α-hetero) is 1. The minimum absolute atomic E-state index is 0.119. The van der Waals surface area contributed by atoms with Gasteiger partial charge in [-0.1, -0.05) is 6.07 Å². The lowest BCUT2D eigenvalue weighted by Crippen LogP contribution is -2.32. The van der Waals surface area contributed by atoms with E-state index in [1.807, 2.05) is 4.90 Å². The summed E-state index contributed by atoms with van der Waals surface area (Å²) in [6.07, 6.45) is 0.119. The molecular formula is C15H21F2NO3. The molecule has 0 fully saturated rings. The molecule has 0 aromatic heterocycles. The Labute approximate surface area is 123 Å². The molecule has 1 aromatic carbocycles. The topological polar surface area (TPSA) is 38.8 Å². The molecule has 0 saturated heterocycles. The lowest BCUT2D eigenvalue weighted by molar-refractivity contribution is 0.0907. The molecule has 0 heterocycles. The van der Waals surface area contributed by atoms with Crippen molar-refractivity contribution in [3.8, 4) is 0 Å². The van der Waals surface area contributed by atoms with Crippen LogP contribution in [0.5, 0.6) is 0 Å². The highest BCUT2D eigenvalue weighted by Crippen LogP contribution is 2.13. The lowest BCUT2D eigenvalue weighted by Gasteiger charge is -2.21. The Morgan fingerprint density at radius 3 is 2.29 bits per heavy atom. The van der Waals surface area contributed by atoms with Gasteiger partial charge < -0.3 is 9.47 Å². The van der Waals surface area contributed by atoms with Crippen LogP contribution in [0.4, 0.5) is 8.78 Å². The second-order valence-corrected chi connectivity index (χ2v) is 4.60. The Hall–Kier alpha value is -1.37. The predicted molar refractivity (Wildman–Crippen MR) is 75.5 cm³/mol. The number of carbonyl (C=O) groups excluding carboxylic acids is 1. The molecule has 0 saturated carbocycles. The van der Waals surface area contributed by atoms with Crippen molar-refractivity contribution in [3.63, 3.8) is 0 Å². The zero-order valence-electron chi connectivity index (χ0n) is 12.4. The SMILES string of the molecule is COCCN(CCOC)CCC(=O)c1cccc(F)c1F. The Morgan fingerprint density at radius 1 is 1.10 bits per heavy atom. The second-order valence-electron chi connectivity index (χ2n) is 4.60. The number of ketones is 1. The average molecular weight is 301 g/mol. The van der Waals surface area contributed by atoms with Gasteiger partial charge in [-0.25, -0.2) is 8.78 Å². The number of hydrogen-bond donors (Lipinski definition) is 0. The molecule has 4 nitrogen and oxygen atoms in total.